The number of nitrogens with zero attached hydrogens (tertiary/aromatic N) is 6. The van der Waals surface area contributed by atoms with Crippen LogP contribution in [0, 0.1) is 6.92 Å². The van der Waals surface area contributed by atoms with Crippen LogP contribution in [0.5, 0.6) is 0 Å². The van der Waals surface area contributed by atoms with Gasteiger partial charge in [-0.05, 0) is 58.5 Å². The summed E-state index contributed by atoms with van der Waals surface area (Å²) < 4.78 is 3.51. The topological polar surface area (TPSA) is 78.5 Å². The van der Waals surface area contributed by atoms with Gasteiger partial charge in [-0.2, -0.15) is 4.68 Å². The minimum absolute atomic E-state index is 0.0256. The van der Waals surface area contributed by atoms with Gasteiger partial charge in [-0.25, -0.2) is 4.98 Å². The summed E-state index contributed by atoms with van der Waals surface area (Å²) in [6, 6.07) is 16.3. The molecule has 7 nitrogen and oxygen atoms in total. The molecular weight excluding hydrogens is 432 g/mol. The second-order valence-electron chi connectivity index (χ2n) is 8.13. The highest BCUT2D eigenvalue weighted by Gasteiger charge is 2.13. The third-order valence-corrected chi connectivity index (χ3v) is 6.65. The Hall–Kier alpha value is -3.65. The first kappa shape index (κ1) is 21.2. The lowest BCUT2D eigenvalue weighted by molar-refractivity contribution is 0.646. The first-order valence-corrected chi connectivity index (χ1v) is 11.9. The van der Waals surface area contributed by atoms with Crippen molar-refractivity contribution < 1.29 is 0 Å². The summed E-state index contributed by atoms with van der Waals surface area (Å²) in [6.45, 7) is 4.65. The number of fused-ring (bicyclic) bond motifs is 1. The van der Waals surface area contributed by atoms with E-state index in [0.29, 0.717) is 11.9 Å². The molecule has 0 radical (unpaired) electrons. The maximum atomic E-state index is 13.4. The van der Waals surface area contributed by atoms with Crippen molar-refractivity contribution in [2.75, 3.05) is 0 Å². The monoisotopic (exact) mass is 456 g/mol. The molecule has 166 valence electrons. The fourth-order valence-electron chi connectivity index (χ4n) is 3.99. The largest absolute Gasteiger partial charge is 0.292 e. The second-order valence-corrected chi connectivity index (χ2v) is 9.03. The number of aromatic nitrogens is 6. The van der Waals surface area contributed by atoms with E-state index in [0.717, 1.165) is 57.9 Å². The average molecular weight is 457 g/mol. The molecule has 0 saturated heterocycles. The van der Waals surface area contributed by atoms with Gasteiger partial charge in [0, 0.05) is 12.0 Å². The van der Waals surface area contributed by atoms with Gasteiger partial charge in [0.25, 0.3) is 5.56 Å². The summed E-state index contributed by atoms with van der Waals surface area (Å²) in [6.07, 6.45) is 4.45. The minimum Gasteiger partial charge on any atom is -0.292 e. The van der Waals surface area contributed by atoms with Crippen molar-refractivity contribution >= 4 is 22.2 Å². The molecule has 0 fully saturated rings. The van der Waals surface area contributed by atoms with Gasteiger partial charge < -0.3 is 0 Å². The highest BCUT2D eigenvalue weighted by molar-refractivity contribution is 7.13. The molecule has 5 aromatic rings. The van der Waals surface area contributed by atoms with Crippen LogP contribution in [0.25, 0.3) is 27.0 Å². The SMILES string of the molecule is CCCCc1nc2ccc(C)cc2c(=O)n1Cc1ccc(-c2ccsc2-n2cnnn2)cc1. The normalized spacial score (nSPS) is 11.3. The van der Waals surface area contributed by atoms with Gasteiger partial charge in [-0.3, -0.25) is 9.36 Å². The lowest BCUT2D eigenvalue weighted by Crippen LogP contribution is -2.26. The van der Waals surface area contributed by atoms with E-state index in [-0.39, 0.29) is 5.56 Å². The molecule has 0 amide bonds. The smallest absolute Gasteiger partial charge is 0.261 e. The molecule has 0 aliphatic carbocycles. The van der Waals surface area contributed by atoms with Crippen molar-refractivity contribution in [2.24, 2.45) is 0 Å². The first-order chi connectivity index (χ1) is 16.1. The predicted molar refractivity (Wildman–Crippen MR) is 131 cm³/mol. The van der Waals surface area contributed by atoms with Crippen molar-refractivity contribution in [3.8, 4) is 16.1 Å². The zero-order chi connectivity index (χ0) is 22.8. The molecule has 0 N–H and O–H groups in total. The first-order valence-electron chi connectivity index (χ1n) is 11.0. The van der Waals surface area contributed by atoms with Crippen LogP contribution in [0.2, 0.25) is 0 Å². The molecule has 0 spiro atoms. The number of benzene rings is 2. The zero-order valence-corrected chi connectivity index (χ0v) is 19.4. The fourth-order valence-corrected chi connectivity index (χ4v) is 4.83. The summed E-state index contributed by atoms with van der Waals surface area (Å²) >= 11 is 1.59. The number of thiophene rings is 1. The van der Waals surface area contributed by atoms with E-state index < -0.39 is 0 Å². The van der Waals surface area contributed by atoms with Crippen LogP contribution in [0.1, 0.15) is 36.7 Å². The number of tetrazole rings is 1. The third kappa shape index (κ3) is 4.21. The van der Waals surface area contributed by atoms with E-state index in [2.05, 4.69) is 52.8 Å². The van der Waals surface area contributed by atoms with E-state index in [4.69, 9.17) is 4.98 Å². The Bertz CT molecular complexity index is 1450. The lowest BCUT2D eigenvalue weighted by Gasteiger charge is -2.14. The predicted octanol–water partition coefficient (Wildman–Crippen LogP) is 4.80. The summed E-state index contributed by atoms with van der Waals surface area (Å²) in [5.74, 6) is 0.848. The quantitative estimate of drug-likeness (QED) is 0.351. The van der Waals surface area contributed by atoms with Crippen molar-refractivity contribution in [3.63, 3.8) is 0 Å². The lowest BCUT2D eigenvalue weighted by atomic mass is 10.1. The minimum atomic E-state index is 0.0256. The Balaban J connectivity index is 1.49. The molecule has 8 heteroatoms. The number of hydrogen-bond donors (Lipinski definition) is 0. The van der Waals surface area contributed by atoms with Gasteiger partial charge in [0.1, 0.15) is 17.2 Å². The molecule has 33 heavy (non-hydrogen) atoms. The van der Waals surface area contributed by atoms with E-state index in [1.165, 1.54) is 0 Å². The fraction of sp³-hybridized carbons (Fsp3) is 0.240. The Morgan fingerprint density at radius 1 is 1.06 bits per heavy atom. The van der Waals surface area contributed by atoms with Crippen molar-refractivity contribution in [1.82, 2.24) is 29.8 Å². The Kier molecular flexibility index (Phi) is 5.83. The van der Waals surface area contributed by atoms with Crippen LogP contribution in [-0.4, -0.2) is 29.8 Å². The van der Waals surface area contributed by atoms with Gasteiger partial charge in [-0.15, -0.1) is 16.4 Å². The van der Waals surface area contributed by atoms with Gasteiger partial charge in [0.05, 0.1) is 17.4 Å². The third-order valence-electron chi connectivity index (χ3n) is 5.75. The van der Waals surface area contributed by atoms with Crippen molar-refractivity contribution in [2.45, 2.75) is 39.7 Å². The molecule has 3 aromatic heterocycles. The number of aryl methyl sites for hydroxylation is 2. The average Bonchev–Trinajstić information content (AvgIpc) is 3.53. The Morgan fingerprint density at radius 2 is 1.91 bits per heavy atom. The van der Waals surface area contributed by atoms with Crippen LogP contribution < -0.4 is 5.56 Å². The molecule has 0 atom stereocenters. The molecule has 0 aliphatic heterocycles. The second kappa shape index (κ2) is 9.07. The van der Waals surface area contributed by atoms with Crippen molar-refractivity contribution in [3.05, 3.63) is 87.5 Å². The molecule has 0 saturated carbocycles. The molecule has 2 aromatic carbocycles. The molecule has 0 bridgehead atoms. The summed E-state index contributed by atoms with van der Waals surface area (Å²) in [5.41, 5.74) is 5.08. The highest BCUT2D eigenvalue weighted by atomic mass is 32.1. The molecular formula is C25H24N6OS. The maximum Gasteiger partial charge on any atom is 0.261 e. The number of unbranched alkanes of at least 4 members (excludes halogenated alkanes) is 1. The summed E-state index contributed by atoms with van der Waals surface area (Å²) in [4.78, 5) is 18.3. The molecule has 5 rings (SSSR count). The zero-order valence-electron chi connectivity index (χ0n) is 18.6. The Morgan fingerprint density at radius 3 is 2.67 bits per heavy atom. The van der Waals surface area contributed by atoms with E-state index >= 15 is 0 Å². The molecule has 3 heterocycles. The Labute approximate surface area is 195 Å². The molecule has 0 unspecified atom stereocenters. The van der Waals surface area contributed by atoms with Crippen molar-refractivity contribution in [1.29, 1.82) is 0 Å². The molecule has 0 aliphatic rings. The highest BCUT2D eigenvalue weighted by Crippen LogP contribution is 2.31. The van der Waals surface area contributed by atoms with Crippen LogP contribution in [0.15, 0.2) is 65.0 Å². The van der Waals surface area contributed by atoms with Gasteiger partial charge >= 0.3 is 0 Å². The van der Waals surface area contributed by atoms with Gasteiger partial charge in [0.2, 0.25) is 0 Å². The maximum absolute atomic E-state index is 13.4. The van der Waals surface area contributed by atoms with Gasteiger partial charge in [-0.1, -0.05) is 49.2 Å². The van der Waals surface area contributed by atoms with Crippen LogP contribution in [-0.2, 0) is 13.0 Å². The van der Waals surface area contributed by atoms with E-state index in [9.17, 15) is 4.79 Å². The van der Waals surface area contributed by atoms with Crippen LogP contribution >= 0.6 is 11.3 Å². The van der Waals surface area contributed by atoms with Crippen LogP contribution in [0.4, 0.5) is 0 Å². The summed E-state index contributed by atoms with van der Waals surface area (Å²) in [7, 11) is 0. The number of rotatable bonds is 7. The number of hydrogen-bond acceptors (Lipinski definition) is 6. The van der Waals surface area contributed by atoms with E-state index in [1.807, 2.05) is 35.1 Å². The standard InChI is InChI=1S/C25H24N6OS/c1-3-4-5-23-27-22-11-6-17(2)14-21(22)24(32)30(23)15-18-7-9-19(10-8-18)20-12-13-33-25(20)31-16-26-28-29-31/h6-14,16H,3-5,15H2,1-2H3. The summed E-state index contributed by atoms with van der Waals surface area (Å²) in [5, 5.41) is 15.2. The van der Waals surface area contributed by atoms with Crippen LogP contribution in [0.3, 0.4) is 0 Å². The van der Waals surface area contributed by atoms with Gasteiger partial charge in [0.15, 0.2) is 0 Å². The van der Waals surface area contributed by atoms with E-state index in [1.54, 1.807) is 22.3 Å².